The van der Waals surface area contributed by atoms with Crippen molar-refractivity contribution >= 4 is 11.9 Å². The molecule has 0 radical (unpaired) electrons. The minimum Gasteiger partial charge on any atom is -0.359 e. The molecule has 2 N–H and O–H groups in total. The van der Waals surface area contributed by atoms with Crippen LogP contribution in [0.1, 0.15) is 60.3 Å². The number of hydrogen-bond donors (Lipinski definition) is 2. The number of likely N-dealkylation sites (N-methyl/N-ethyl adjacent to an activating group) is 1. The van der Waals surface area contributed by atoms with Gasteiger partial charge in [0.15, 0.2) is 5.96 Å². The van der Waals surface area contributed by atoms with Crippen LogP contribution < -0.4 is 10.6 Å². The monoisotopic (exact) mass is 381 g/mol. The first-order valence-electron chi connectivity index (χ1n) is 10.9. The zero-order chi connectivity index (χ0) is 20.2. The second kappa shape index (κ2) is 13.0. The zero-order valence-corrected chi connectivity index (χ0v) is 18.6. The molecule has 0 aliphatic carbocycles. The zero-order valence-electron chi connectivity index (χ0n) is 18.6. The third kappa shape index (κ3) is 8.50. The predicted molar refractivity (Wildman–Crippen MR) is 115 cm³/mol. The number of carbonyl (C=O) groups is 1. The lowest BCUT2D eigenvalue weighted by molar-refractivity contribution is -0.121. The van der Waals surface area contributed by atoms with Crippen LogP contribution in [0.2, 0.25) is 0 Å². The summed E-state index contributed by atoms with van der Waals surface area (Å²) in [5, 5.41) is 6.22. The van der Waals surface area contributed by atoms with E-state index < -0.39 is 0 Å². The van der Waals surface area contributed by atoms with Gasteiger partial charge in [-0.25, -0.2) is 0 Å². The van der Waals surface area contributed by atoms with Crippen LogP contribution in [0, 0.1) is 11.8 Å². The van der Waals surface area contributed by atoms with Crippen molar-refractivity contribution in [2.75, 3.05) is 46.3 Å². The van der Waals surface area contributed by atoms with Gasteiger partial charge in [-0.1, -0.05) is 27.7 Å². The number of hydrogen-bond acceptors (Lipinski definition) is 3. The first kappa shape index (κ1) is 23.7. The number of aliphatic imine (C=N–C) groups is 1. The minimum absolute atomic E-state index is 0.157. The molecule has 1 aliphatic rings. The molecule has 158 valence electrons. The molecule has 1 saturated heterocycles. The Morgan fingerprint density at radius 3 is 2.30 bits per heavy atom. The van der Waals surface area contributed by atoms with E-state index in [9.17, 15) is 4.79 Å². The molecule has 0 aromatic carbocycles. The molecule has 1 amide bonds. The summed E-state index contributed by atoms with van der Waals surface area (Å²) in [7, 11) is 1.72. The molecule has 0 saturated carbocycles. The van der Waals surface area contributed by atoms with Gasteiger partial charge in [-0.2, -0.15) is 0 Å². The SMILES string of the molecule is CCNC(=NCC(CC(C)C)N(CC)CC)N1CCC(CC(=O)NC)CC1. The van der Waals surface area contributed by atoms with Crippen molar-refractivity contribution in [3.63, 3.8) is 0 Å². The van der Waals surface area contributed by atoms with Crippen LogP contribution in [0.15, 0.2) is 4.99 Å². The Morgan fingerprint density at radius 2 is 1.81 bits per heavy atom. The highest BCUT2D eigenvalue weighted by Crippen LogP contribution is 2.20. The number of rotatable bonds is 10. The van der Waals surface area contributed by atoms with Crippen molar-refractivity contribution in [3.8, 4) is 0 Å². The van der Waals surface area contributed by atoms with Gasteiger partial charge in [0.05, 0.1) is 6.54 Å². The highest BCUT2D eigenvalue weighted by molar-refractivity contribution is 5.80. The van der Waals surface area contributed by atoms with Gasteiger partial charge in [0.1, 0.15) is 0 Å². The number of nitrogens with one attached hydrogen (secondary N) is 2. The van der Waals surface area contributed by atoms with Crippen molar-refractivity contribution in [2.24, 2.45) is 16.8 Å². The average molecular weight is 382 g/mol. The largest absolute Gasteiger partial charge is 0.359 e. The van der Waals surface area contributed by atoms with Gasteiger partial charge in [0, 0.05) is 39.1 Å². The lowest BCUT2D eigenvalue weighted by Gasteiger charge is -2.35. The summed E-state index contributed by atoms with van der Waals surface area (Å²) in [4.78, 5) is 21.5. The number of likely N-dealkylation sites (tertiary alicyclic amines) is 1. The second-order valence-corrected chi connectivity index (χ2v) is 8.01. The van der Waals surface area contributed by atoms with Crippen LogP contribution in [-0.2, 0) is 4.79 Å². The smallest absolute Gasteiger partial charge is 0.220 e. The highest BCUT2D eigenvalue weighted by Gasteiger charge is 2.24. The molecule has 0 aromatic rings. The van der Waals surface area contributed by atoms with Gasteiger partial charge in [0.25, 0.3) is 0 Å². The summed E-state index contributed by atoms with van der Waals surface area (Å²) in [6.07, 6.45) is 3.95. The van der Waals surface area contributed by atoms with Gasteiger partial charge < -0.3 is 15.5 Å². The van der Waals surface area contributed by atoms with Crippen LogP contribution in [0.25, 0.3) is 0 Å². The summed E-state index contributed by atoms with van der Waals surface area (Å²) in [5.41, 5.74) is 0. The Balaban J connectivity index is 2.71. The Hall–Kier alpha value is -1.30. The fourth-order valence-electron chi connectivity index (χ4n) is 3.95. The van der Waals surface area contributed by atoms with Crippen molar-refractivity contribution in [2.45, 2.75) is 66.3 Å². The fraction of sp³-hybridized carbons (Fsp3) is 0.905. The van der Waals surface area contributed by atoms with Gasteiger partial charge in [-0.05, 0) is 51.1 Å². The molecule has 6 nitrogen and oxygen atoms in total. The maximum Gasteiger partial charge on any atom is 0.220 e. The molecule has 1 aliphatic heterocycles. The van der Waals surface area contributed by atoms with Crippen LogP contribution in [-0.4, -0.2) is 74.0 Å². The normalized spacial score (nSPS) is 17.5. The van der Waals surface area contributed by atoms with Gasteiger partial charge in [0.2, 0.25) is 5.91 Å². The van der Waals surface area contributed by atoms with Gasteiger partial charge >= 0.3 is 0 Å². The number of amides is 1. The fourth-order valence-corrected chi connectivity index (χ4v) is 3.95. The van der Waals surface area contributed by atoms with Crippen LogP contribution >= 0.6 is 0 Å². The summed E-state index contributed by atoms with van der Waals surface area (Å²) >= 11 is 0. The first-order valence-corrected chi connectivity index (χ1v) is 10.9. The molecule has 0 bridgehead atoms. The quantitative estimate of drug-likeness (QED) is 0.451. The number of carbonyl (C=O) groups excluding carboxylic acids is 1. The van der Waals surface area contributed by atoms with E-state index in [1.54, 1.807) is 7.05 Å². The van der Waals surface area contributed by atoms with Crippen LogP contribution in [0.4, 0.5) is 0 Å². The van der Waals surface area contributed by atoms with E-state index in [2.05, 4.69) is 55.1 Å². The topological polar surface area (TPSA) is 60.0 Å². The summed E-state index contributed by atoms with van der Waals surface area (Å²) < 4.78 is 0. The summed E-state index contributed by atoms with van der Waals surface area (Å²) in [6.45, 7) is 17.0. The van der Waals surface area contributed by atoms with Crippen LogP contribution in [0.3, 0.4) is 0 Å². The Morgan fingerprint density at radius 1 is 1.19 bits per heavy atom. The first-order chi connectivity index (χ1) is 12.9. The van der Waals surface area contributed by atoms with E-state index >= 15 is 0 Å². The minimum atomic E-state index is 0.157. The van der Waals surface area contributed by atoms with E-state index in [0.717, 1.165) is 58.1 Å². The molecule has 1 atom stereocenters. The highest BCUT2D eigenvalue weighted by atomic mass is 16.1. The van der Waals surface area contributed by atoms with E-state index in [1.807, 2.05) is 0 Å². The molecule has 6 heteroatoms. The molecular formula is C21H43N5O. The molecule has 1 unspecified atom stereocenters. The van der Waals surface area contributed by atoms with Crippen molar-refractivity contribution in [3.05, 3.63) is 0 Å². The standard InChI is InChI=1S/C21H43N5O/c1-7-23-21(24-16-19(14-17(4)5)25(8-2)9-3)26-12-10-18(11-13-26)15-20(27)22-6/h17-19H,7-16H2,1-6H3,(H,22,27)(H,23,24). The van der Waals surface area contributed by atoms with E-state index in [4.69, 9.17) is 4.99 Å². The van der Waals surface area contributed by atoms with E-state index in [1.165, 1.54) is 6.42 Å². The Kier molecular flexibility index (Phi) is 11.4. The lowest BCUT2D eigenvalue weighted by atomic mass is 9.93. The van der Waals surface area contributed by atoms with Crippen LogP contribution in [0.5, 0.6) is 0 Å². The maximum absolute atomic E-state index is 11.6. The summed E-state index contributed by atoms with van der Waals surface area (Å²) in [6, 6.07) is 0.499. The van der Waals surface area contributed by atoms with E-state index in [0.29, 0.717) is 24.3 Å². The summed E-state index contributed by atoms with van der Waals surface area (Å²) in [5.74, 6) is 2.36. The third-order valence-electron chi connectivity index (χ3n) is 5.53. The van der Waals surface area contributed by atoms with Gasteiger partial charge in [-0.3, -0.25) is 14.7 Å². The predicted octanol–water partition coefficient (Wildman–Crippen LogP) is 2.56. The van der Waals surface area contributed by atoms with Gasteiger partial charge in [-0.15, -0.1) is 0 Å². The number of guanidine groups is 1. The van der Waals surface area contributed by atoms with Crippen molar-refractivity contribution in [1.29, 1.82) is 0 Å². The average Bonchev–Trinajstić information content (AvgIpc) is 2.66. The lowest BCUT2D eigenvalue weighted by Crippen LogP contribution is -2.47. The number of nitrogens with zero attached hydrogens (tertiary/aromatic N) is 3. The number of piperidine rings is 1. The van der Waals surface area contributed by atoms with Crippen molar-refractivity contribution in [1.82, 2.24) is 20.4 Å². The molecule has 27 heavy (non-hydrogen) atoms. The van der Waals surface area contributed by atoms with Crippen molar-refractivity contribution < 1.29 is 4.79 Å². The molecule has 0 aromatic heterocycles. The maximum atomic E-state index is 11.6. The molecule has 1 heterocycles. The molecule has 0 spiro atoms. The Bertz CT molecular complexity index is 440. The molecule has 1 rings (SSSR count). The molecular weight excluding hydrogens is 338 g/mol. The third-order valence-corrected chi connectivity index (χ3v) is 5.53. The Labute approximate surface area is 167 Å². The second-order valence-electron chi connectivity index (χ2n) is 8.01. The molecule has 1 fully saturated rings. The van der Waals surface area contributed by atoms with E-state index in [-0.39, 0.29) is 5.91 Å².